The molecular weight excluding hydrogens is 400 g/mol. The van der Waals surface area contributed by atoms with E-state index in [-0.39, 0.29) is 41.7 Å². The van der Waals surface area contributed by atoms with Gasteiger partial charge in [0.2, 0.25) is 5.91 Å². The van der Waals surface area contributed by atoms with Crippen LogP contribution in [0.1, 0.15) is 37.8 Å². The highest BCUT2D eigenvalue weighted by Crippen LogP contribution is 2.26. The summed E-state index contributed by atoms with van der Waals surface area (Å²) in [6.45, 7) is 1.74. The molecule has 0 aliphatic carbocycles. The minimum absolute atomic E-state index is 0.00394. The second kappa shape index (κ2) is 7.90. The zero-order valence-corrected chi connectivity index (χ0v) is 17.0. The zero-order valence-electron chi connectivity index (χ0n) is 16.1. The second-order valence-electron chi connectivity index (χ2n) is 7.29. The van der Waals surface area contributed by atoms with Crippen molar-refractivity contribution in [3.63, 3.8) is 0 Å². The zero-order chi connectivity index (χ0) is 21.3. The van der Waals surface area contributed by atoms with E-state index < -0.39 is 32.8 Å². The Morgan fingerprint density at radius 3 is 2.72 bits per heavy atom. The molecule has 2 amide bonds. The molecule has 1 fully saturated rings. The summed E-state index contributed by atoms with van der Waals surface area (Å²) >= 11 is 0. The lowest BCUT2D eigenvalue weighted by Crippen LogP contribution is -2.44. The van der Waals surface area contributed by atoms with Crippen molar-refractivity contribution >= 4 is 33.1 Å². The minimum Gasteiger partial charge on any atom is -0.334 e. The van der Waals surface area contributed by atoms with Crippen molar-refractivity contribution < 1.29 is 22.9 Å². The largest absolute Gasteiger partial charge is 0.334 e. The molecule has 2 heterocycles. The van der Waals surface area contributed by atoms with E-state index in [1.165, 1.54) is 17.0 Å². The average Bonchev–Trinajstić information content (AvgIpc) is 3.06. The van der Waals surface area contributed by atoms with E-state index in [9.17, 15) is 28.1 Å². The van der Waals surface area contributed by atoms with Gasteiger partial charge in [0.15, 0.2) is 9.84 Å². The quantitative estimate of drug-likeness (QED) is 0.519. The van der Waals surface area contributed by atoms with Crippen LogP contribution in [0.4, 0.5) is 5.69 Å². The smallest absolute Gasteiger partial charge is 0.270 e. The number of rotatable bonds is 5. The van der Waals surface area contributed by atoms with Crippen molar-refractivity contribution in [2.75, 3.05) is 18.6 Å². The molecule has 1 aromatic carbocycles. The number of benzene rings is 1. The van der Waals surface area contributed by atoms with Gasteiger partial charge in [-0.2, -0.15) is 5.10 Å². The third-order valence-electron chi connectivity index (χ3n) is 5.33. The van der Waals surface area contributed by atoms with Gasteiger partial charge in [-0.05, 0) is 18.9 Å². The molecule has 0 spiro atoms. The Balaban J connectivity index is 1.79. The number of amides is 2. The molecule has 1 saturated heterocycles. The van der Waals surface area contributed by atoms with Crippen molar-refractivity contribution in [3.05, 3.63) is 39.9 Å². The molecule has 2 aliphatic heterocycles. The number of hydrazone groups is 1. The summed E-state index contributed by atoms with van der Waals surface area (Å²) in [6, 6.07) is 5.04. The standard InChI is InChI=1S/C18H22N4O6S/c1-12(13-4-3-5-14(10-13)22(25)26)20(2)18(24)16-6-7-17(23)21(19-16)15-8-9-29(27,28)11-15/h3-5,10,12,15H,6-9,11H2,1-2H3. The molecule has 2 aliphatic rings. The van der Waals surface area contributed by atoms with Crippen molar-refractivity contribution in [2.24, 2.45) is 5.10 Å². The molecule has 156 valence electrons. The lowest BCUT2D eigenvalue weighted by molar-refractivity contribution is -0.384. The molecule has 0 bridgehead atoms. The van der Waals surface area contributed by atoms with Crippen LogP contribution in [0.25, 0.3) is 0 Å². The van der Waals surface area contributed by atoms with Gasteiger partial charge in [0, 0.05) is 32.0 Å². The molecule has 1 aromatic rings. The van der Waals surface area contributed by atoms with Gasteiger partial charge in [-0.15, -0.1) is 0 Å². The Morgan fingerprint density at radius 1 is 1.38 bits per heavy atom. The molecule has 29 heavy (non-hydrogen) atoms. The lowest BCUT2D eigenvalue weighted by Gasteiger charge is -2.30. The predicted molar refractivity (Wildman–Crippen MR) is 105 cm³/mol. The Labute approximate surface area is 168 Å². The third kappa shape index (κ3) is 4.44. The molecular formula is C18H22N4O6S. The Kier molecular flexibility index (Phi) is 5.69. The van der Waals surface area contributed by atoms with E-state index in [1.807, 2.05) is 0 Å². The molecule has 2 atom stereocenters. The molecule has 0 N–H and O–H groups in total. The van der Waals surface area contributed by atoms with Crippen LogP contribution in [0.5, 0.6) is 0 Å². The average molecular weight is 422 g/mol. The van der Waals surface area contributed by atoms with E-state index >= 15 is 0 Å². The fraction of sp³-hybridized carbons (Fsp3) is 0.500. The van der Waals surface area contributed by atoms with Gasteiger partial charge in [-0.3, -0.25) is 19.7 Å². The second-order valence-corrected chi connectivity index (χ2v) is 9.51. The Morgan fingerprint density at radius 2 is 2.10 bits per heavy atom. The highest BCUT2D eigenvalue weighted by atomic mass is 32.2. The lowest BCUT2D eigenvalue weighted by atomic mass is 10.0. The SMILES string of the molecule is CC(c1cccc([N+](=O)[O-])c1)N(C)C(=O)C1=NN(C2CCS(=O)(=O)C2)C(=O)CC1. The number of nitro groups is 1. The number of carbonyl (C=O) groups is 2. The molecule has 0 aromatic heterocycles. The van der Waals surface area contributed by atoms with Crippen molar-refractivity contribution in [1.29, 1.82) is 0 Å². The molecule has 10 nitrogen and oxygen atoms in total. The van der Waals surface area contributed by atoms with E-state index in [0.29, 0.717) is 12.0 Å². The number of sulfone groups is 1. The van der Waals surface area contributed by atoms with E-state index in [4.69, 9.17) is 0 Å². The normalized spacial score (nSPS) is 22.1. The Bertz CT molecular complexity index is 990. The van der Waals surface area contributed by atoms with Gasteiger partial charge in [0.25, 0.3) is 11.6 Å². The first-order valence-corrected chi connectivity index (χ1v) is 11.0. The summed E-state index contributed by atoms with van der Waals surface area (Å²) < 4.78 is 23.5. The van der Waals surface area contributed by atoms with Gasteiger partial charge in [-0.25, -0.2) is 13.4 Å². The van der Waals surface area contributed by atoms with Gasteiger partial charge < -0.3 is 4.90 Å². The van der Waals surface area contributed by atoms with Gasteiger partial charge in [0.1, 0.15) is 5.71 Å². The van der Waals surface area contributed by atoms with E-state index in [0.717, 1.165) is 5.01 Å². The van der Waals surface area contributed by atoms with Crippen LogP contribution >= 0.6 is 0 Å². The van der Waals surface area contributed by atoms with Crippen molar-refractivity contribution in [2.45, 2.75) is 38.3 Å². The summed E-state index contributed by atoms with van der Waals surface area (Å²) in [5.41, 5.74) is 0.708. The van der Waals surface area contributed by atoms with E-state index in [2.05, 4.69) is 5.10 Å². The van der Waals surface area contributed by atoms with Crippen LogP contribution in [0.15, 0.2) is 29.4 Å². The van der Waals surface area contributed by atoms with Crippen molar-refractivity contribution in [3.8, 4) is 0 Å². The van der Waals surface area contributed by atoms with E-state index in [1.54, 1.807) is 26.1 Å². The molecule has 0 saturated carbocycles. The number of non-ortho nitro benzene ring substituents is 1. The van der Waals surface area contributed by atoms with Crippen LogP contribution in [-0.4, -0.2) is 65.4 Å². The van der Waals surface area contributed by atoms with Crippen molar-refractivity contribution in [1.82, 2.24) is 9.91 Å². The topological polar surface area (TPSA) is 130 Å². The number of carbonyl (C=O) groups excluding carboxylic acids is 2. The first-order valence-electron chi connectivity index (χ1n) is 9.20. The summed E-state index contributed by atoms with van der Waals surface area (Å²) in [6.07, 6.45) is 0.554. The molecule has 2 unspecified atom stereocenters. The fourth-order valence-corrected chi connectivity index (χ4v) is 5.17. The highest BCUT2D eigenvalue weighted by Gasteiger charge is 2.38. The monoisotopic (exact) mass is 422 g/mol. The molecule has 0 radical (unpaired) electrons. The number of nitrogens with zero attached hydrogens (tertiary/aromatic N) is 4. The number of nitro benzene ring substituents is 1. The highest BCUT2D eigenvalue weighted by molar-refractivity contribution is 7.91. The van der Waals surface area contributed by atoms with Gasteiger partial charge >= 0.3 is 0 Å². The van der Waals surface area contributed by atoms with Crippen LogP contribution in [0, 0.1) is 10.1 Å². The van der Waals surface area contributed by atoms with Gasteiger partial charge in [-0.1, -0.05) is 12.1 Å². The van der Waals surface area contributed by atoms with Crippen LogP contribution < -0.4 is 0 Å². The first kappa shape index (κ1) is 20.9. The van der Waals surface area contributed by atoms with Crippen LogP contribution in [0.3, 0.4) is 0 Å². The third-order valence-corrected chi connectivity index (χ3v) is 7.08. The first-order chi connectivity index (χ1) is 13.6. The maximum Gasteiger partial charge on any atom is 0.270 e. The number of hydrogen-bond donors (Lipinski definition) is 0. The minimum atomic E-state index is -3.20. The fourth-order valence-electron chi connectivity index (χ4n) is 3.48. The maximum atomic E-state index is 12.9. The summed E-state index contributed by atoms with van der Waals surface area (Å²) in [5.74, 6) is -0.839. The molecule has 11 heteroatoms. The summed E-state index contributed by atoms with van der Waals surface area (Å²) in [4.78, 5) is 37.1. The summed E-state index contributed by atoms with van der Waals surface area (Å²) in [5, 5.41) is 16.3. The maximum absolute atomic E-state index is 12.9. The van der Waals surface area contributed by atoms with Crippen LogP contribution in [0.2, 0.25) is 0 Å². The Hall–Kier alpha value is -2.82. The number of hydrogen-bond acceptors (Lipinski definition) is 7. The van der Waals surface area contributed by atoms with Gasteiger partial charge in [0.05, 0.1) is 28.5 Å². The summed E-state index contributed by atoms with van der Waals surface area (Å²) in [7, 11) is -1.63. The van der Waals surface area contributed by atoms with Crippen LogP contribution in [-0.2, 0) is 19.4 Å². The predicted octanol–water partition coefficient (Wildman–Crippen LogP) is 1.28. The molecule has 3 rings (SSSR count).